The number of thiazole rings is 1. The number of fused-ring (bicyclic) bond motifs is 2. The summed E-state index contributed by atoms with van der Waals surface area (Å²) in [5.74, 6) is -2.39. The van der Waals surface area contributed by atoms with Gasteiger partial charge in [-0.15, -0.1) is 0 Å². The molecule has 0 saturated carbocycles. The number of carbonyl (C=O) groups is 2. The molecule has 2 heterocycles. The summed E-state index contributed by atoms with van der Waals surface area (Å²) in [4.78, 5) is 30.2. The van der Waals surface area contributed by atoms with Crippen molar-refractivity contribution < 1.29 is 23.8 Å². The number of hydrogen-bond acceptors (Lipinski definition) is 5. The molecular weight excluding hydrogens is 430 g/mol. The molecule has 3 aromatic rings. The summed E-state index contributed by atoms with van der Waals surface area (Å²) in [6.07, 6.45) is -0.601. The van der Waals surface area contributed by atoms with Crippen LogP contribution in [0.2, 0.25) is 10.0 Å². The average Bonchev–Trinajstić information content (AvgIpc) is 2.99. The zero-order chi connectivity index (χ0) is 20.2. The summed E-state index contributed by atoms with van der Waals surface area (Å²) in [5, 5.41) is 10.2. The molecule has 0 bridgehead atoms. The maximum absolute atomic E-state index is 13.8. The second-order valence-corrected chi connectivity index (χ2v) is 8.21. The first-order valence-corrected chi connectivity index (χ1v) is 9.56. The predicted octanol–water partition coefficient (Wildman–Crippen LogP) is 5.03. The van der Waals surface area contributed by atoms with Crippen LogP contribution in [0, 0.1) is 5.82 Å². The van der Waals surface area contributed by atoms with Gasteiger partial charge in [0.2, 0.25) is 0 Å². The van der Waals surface area contributed by atoms with E-state index < -0.39 is 29.7 Å². The third-order valence-electron chi connectivity index (χ3n) is 4.23. The topological polar surface area (TPSA) is 79.7 Å². The van der Waals surface area contributed by atoms with Crippen molar-refractivity contribution in [3.8, 4) is 5.75 Å². The molecule has 6 nitrogen and oxygen atoms in total. The molecule has 1 aliphatic rings. The second-order valence-electron chi connectivity index (χ2n) is 6.39. The maximum Gasteiger partial charge on any atom is 0.307 e. The number of aliphatic carboxylic acids is 1. The fourth-order valence-electron chi connectivity index (χ4n) is 3.02. The fraction of sp³-hybridized carbons (Fsp3) is 0.167. The van der Waals surface area contributed by atoms with E-state index in [1.807, 2.05) is 0 Å². The first kappa shape index (κ1) is 18.9. The summed E-state index contributed by atoms with van der Waals surface area (Å²) in [7, 11) is 0. The van der Waals surface area contributed by atoms with Gasteiger partial charge in [-0.2, -0.15) is 0 Å². The van der Waals surface area contributed by atoms with E-state index in [0.717, 1.165) is 17.4 Å². The summed E-state index contributed by atoms with van der Waals surface area (Å²) in [6.45, 7) is 1.35. The molecule has 28 heavy (non-hydrogen) atoms. The Bertz CT molecular complexity index is 1150. The van der Waals surface area contributed by atoms with E-state index in [4.69, 9.17) is 27.9 Å². The van der Waals surface area contributed by atoms with Crippen molar-refractivity contribution in [1.29, 1.82) is 0 Å². The zero-order valence-corrected chi connectivity index (χ0v) is 16.5. The van der Waals surface area contributed by atoms with E-state index >= 15 is 0 Å². The number of ether oxygens (including phenoxy) is 1. The molecular formula is C18H11Cl2FN2O4S. The Hall–Kier alpha value is -2.42. The van der Waals surface area contributed by atoms with E-state index in [9.17, 15) is 19.1 Å². The van der Waals surface area contributed by atoms with E-state index in [1.165, 1.54) is 24.0 Å². The van der Waals surface area contributed by atoms with Crippen molar-refractivity contribution in [2.24, 2.45) is 0 Å². The van der Waals surface area contributed by atoms with Gasteiger partial charge in [-0.05, 0) is 31.2 Å². The van der Waals surface area contributed by atoms with Gasteiger partial charge in [0.1, 0.15) is 11.6 Å². The largest absolute Gasteiger partial charge is 0.481 e. The van der Waals surface area contributed by atoms with Gasteiger partial charge in [-0.25, -0.2) is 14.3 Å². The molecule has 144 valence electrons. The third kappa shape index (κ3) is 3.07. The van der Waals surface area contributed by atoms with Crippen molar-refractivity contribution in [1.82, 2.24) is 4.98 Å². The van der Waals surface area contributed by atoms with Gasteiger partial charge < -0.3 is 9.84 Å². The monoisotopic (exact) mass is 440 g/mol. The Morgan fingerprint density at radius 3 is 2.82 bits per heavy atom. The number of carboxylic acid groups (broad SMARTS) is 1. The SMILES string of the molecule is CC1(CC(=O)O)Oc2cc(F)ccc2N(c2nc3cc(Cl)cc(Cl)c3s2)C1=O. The average molecular weight is 441 g/mol. The lowest BCUT2D eigenvalue weighted by Crippen LogP contribution is -2.53. The highest BCUT2D eigenvalue weighted by molar-refractivity contribution is 7.23. The van der Waals surface area contributed by atoms with E-state index in [2.05, 4.69) is 4.98 Å². The number of carbonyl (C=O) groups excluding carboxylic acids is 1. The fourth-order valence-corrected chi connectivity index (χ4v) is 4.58. The lowest BCUT2D eigenvalue weighted by Gasteiger charge is -2.38. The van der Waals surface area contributed by atoms with E-state index in [1.54, 1.807) is 12.1 Å². The van der Waals surface area contributed by atoms with Crippen LogP contribution in [0.5, 0.6) is 5.75 Å². The summed E-state index contributed by atoms with van der Waals surface area (Å²) in [5.41, 5.74) is -0.984. The number of carboxylic acids is 1. The Kier molecular flexibility index (Phi) is 4.45. The number of amides is 1. The summed E-state index contributed by atoms with van der Waals surface area (Å²) < 4.78 is 20.0. The van der Waals surface area contributed by atoms with Crippen molar-refractivity contribution in [2.45, 2.75) is 18.9 Å². The maximum atomic E-state index is 13.8. The summed E-state index contributed by atoms with van der Waals surface area (Å²) in [6, 6.07) is 6.83. The molecule has 0 saturated heterocycles. The Labute approximate surface area is 172 Å². The quantitative estimate of drug-likeness (QED) is 0.617. The Morgan fingerprint density at radius 2 is 2.11 bits per heavy atom. The van der Waals surface area contributed by atoms with Gasteiger partial charge in [0, 0.05) is 11.1 Å². The molecule has 1 aromatic heterocycles. The number of benzene rings is 2. The molecule has 0 aliphatic carbocycles. The minimum Gasteiger partial charge on any atom is -0.481 e. The lowest BCUT2D eigenvalue weighted by molar-refractivity contribution is -0.148. The predicted molar refractivity (Wildman–Crippen MR) is 104 cm³/mol. The van der Waals surface area contributed by atoms with Crippen LogP contribution < -0.4 is 9.64 Å². The zero-order valence-electron chi connectivity index (χ0n) is 14.2. The van der Waals surface area contributed by atoms with Crippen molar-refractivity contribution in [3.63, 3.8) is 0 Å². The van der Waals surface area contributed by atoms with E-state index in [-0.39, 0.29) is 16.6 Å². The molecule has 4 rings (SSSR count). The molecule has 1 atom stereocenters. The van der Waals surface area contributed by atoms with Crippen LogP contribution in [0.25, 0.3) is 10.2 Å². The highest BCUT2D eigenvalue weighted by Crippen LogP contribution is 2.46. The highest BCUT2D eigenvalue weighted by atomic mass is 35.5. The smallest absolute Gasteiger partial charge is 0.307 e. The number of anilines is 2. The number of hydrogen-bond donors (Lipinski definition) is 1. The Morgan fingerprint density at radius 1 is 1.36 bits per heavy atom. The van der Waals surface area contributed by atoms with Gasteiger partial charge in [0.15, 0.2) is 10.7 Å². The Balaban J connectivity index is 1.92. The van der Waals surface area contributed by atoms with Gasteiger partial charge >= 0.3 is 5.97 Å². The number of halogens is 3. The van der Waals surface area contributed by atoms with Gasteiger partial charge in [-0.3, -0.25) is 9.59 Å². The highest BCUT2D eigenvalue weighted by Gasteiger charge is 2.48. The molecule has 0 spiro atoms. The number of rotatable bonds is 3. The van der Waals surface area contributed by atoms with Crippen LogP contribution in [0.1, 0.15) is 13.3 Å². The van der Waals surface area contributed by atoms with Crippen molar-refractivity contribution in [2.75, 3.05) is 4.90 Å². The van der Waals surface area contributed by atoms with Gasteiger partial charge in [0.25, 0.3) is 5.91 Å². The molecule has 0 radical (unpaired) electrons. The molecule has 10 heteroatoms. The van der Waals surface area contributed by atoms with Crippen LogP contribution in [-0.2, 0) is 9.59 Å². The number of aromatic nitrogens is 1. The summed E-state index contributed by atoms with van der Waals surface area (Å²) >= 11 is 13.4. The van der Waals surface area contributed by atoms with Crippen molar-refractivity contribution in [3.05, 3.63) is 46.2 Å². The molecule has 1 aliphatic heterocycles. The van der Waals surface area contributed by atoms with Gasteiger partial charge in [0.05, 0.1) is 27.3 Å². The van der Waals surface area contributed by atoms with E-state index in [0.29, 0.717) is 20.3 Å². The first-order chi connectivity index (χ1) is 13.2. The molecule has 2 aromatic carbocycles. The van der Waals surface area contributed by atoms with Crippen LogP contribution in [0.4, 0.5) is 15.2 Å². The van der Waals surface area contributed by atoms with Crippen LogP contribution >= 0.6 is 34.5 Å². The minimum absolute atomic E-state index is 0.0479. The number of nitrogens with zero attached hydrogens (tertiary/aromatic N) is 2. The molecule has 1 unspecified atom stereocenters. The minimum atomic E-state index is -1.73. The normalized spacial score (nSPS) is 18.9. The lowest BCUT2D eigenvalue weighted by atomic mass is 9.97. The second kappa shape index (κ2) is 6.58. The molecule has 1 amide bonds. The molecule has 0 fully saturated rings. The van der Waals surface area contributed by atoms with Crippen molar-refractivity contribution >= 4 is 67.5 Å². The van der Waals surface area contributed by atoms with Crippen LogP contribution in [0.3, 0.4) is 0 Å². The van der Waals surface area contributed by atoms with Crippen LogP contribution in [-0.4, -0.2) is 27.6 Å². The molecule has 1 N–H and O–H groups in total. The standard InChI is InChI=1S/C18H11Cl2FN2O4S/c1-18(7-14(24)25)16(26)23(12-3-2-9(21)6-13(12)27-18)17-22-11-5-8(19)4-10(20)15(11)28-17/h2-6H,7H2,1H3,(H,24,25). The van der Waals surface area contributed by atoms with Gasteiger partial charge in [-0.1, -0.05) is 34.5 Å². The third-order valence-corrected chi connectivity index (χ3v) is 5.95. The first-order valence-electron chi connectivity index (χ1n) is 7.98. The van der Waals surface area contributed by atoms with Crippen LogP contribution in [0.15, 0.2) is 30.3 Å².